The van der Waals surface area contributed by atoms with Crippen molar-refractivity contribution in [3.8, 4) is 0 Å². The fourth-order valence-electron chi connectivity index (χ4n) is 1.65. The van der Waals surface area contributed by atoms with Crippen molar-refractivity contribution in [2.75, 3.05) is 0 Å². The van der Waals surface area contributed by atoms with Crippen LogP contribution in [0.25, 0.3) is 0 Å². The molecule has 0 radical (unpaired) electrons. The van der Waals surface area contributed by atoms with Gasteiger partial charge in [-0.3, -0.25) is 0 Å². The van der Waals surface area contributed by atoms with Crippen molar-refractivity contribution in [3.63, 3.8) is 0 Å². The number of imidazole rings is 1. The van der Waals surface area contributed by atoms with Gasteiger partial charge in [0.25, 0.3) is 0 Å². The van der Waals surface area contributed by atoms with Crippen molar-refractivity contribution < 1.29 is 0 Å². The van der Waals surface area contributed by atoms with Gasteiger partial charge in [0.15, 0.2) is 3.83 Å². The maximum atomic E-state index is 4.50. The van der Waals surface area contributed by atoms with Gasteiger partial charge in [-0.15, -0.1) is 0 Å². The van der Waals surface area contributed by atoms with Gasteiger partial charge in [0.1, 0.15) is 0 Å². The second kappa shape index (κ2) is 2.77. The summed E-state index contributed by atoms with van der Waals surface area (Å²) in [6.07, 6.45) is 5.07. The van der Waals surface area contributed by atoms with Crippen LogP contribution < -0.4 is 0 Å². The van der Waals surface area contributed by atoms with Crippen LogP contribution in [-0.4, -0.2) is 9.55 Å². The summed E-state index contributed by atoms with van der Waals surface area (Å²) in [4.78, 5) is 4.50. The average Bonchev–Trinajstić information content (AvgIpc) is 2.30. The van der Waals surface area contributed by atoms with Crippen molar-refractivity contribution in [2.45, 2.75) is 25.7 Å². The number of aromatic nitrogens is 2. The second-order valence-corrected chi connectivity index (χ2v) is 4.01. The second-order valence-electron chi connectivity index (χ2n) is 3.04. The molecule has 1 aliphatic rings. The maximum Gasteiger partial charge on any atom is 0.171 e. The Kier molecular flexibility index (Phi) is 1.91. The first-order chi connectivity index (χ1) is 5.29. The minimum atomic E-state index is 1.13. The molecule has 1 heterocycles. The number of fused-ring (bicyclic) bond motifs is 1. The lowest BCUT2D eigenvalue weighted by Gasteiger charge is -2.10. The van der Waals surface area contributed by atoms with Crippen LogP contribution >= 0.6 is 22.6 Å². The van der Waals surface area contributed by atoms with Gasteiger partial charge < -0.3 is 4.57 Å². The maximum absolute atomic E-state index is 4.50. The fraction of sp³-hybridized carbons (Fsp3) is 0.625. The Labute approximate surface area is 80.2 Å². The molecule has 0 saturated carbocycles. The van der Waals surface area contributed by atoms with Crippen LogP contribution in [0.3, 0.4) is 0 Å². The predicted molar refractivity (Wildman–Crippen MR) is 52.6 cm³/mol. The van der Waals surface area contributed by atoms with Crippen molar-refractivity contribution in [3.05, 3.63) is 15.2 Å². The van der Waals surface area contributed by atoms with Crippen LogP contribution in [-0.2, 0) is 19.9 Å². The zero-order chi connectivity index (χ0) is 7.84. The lowest BCUT2D eigenvalue weighted by Crippen LogP contribution is -2.05. The molecule has 11 heavy (non-hydrogen) atoms. The van der Waals surface area contributed by atoms with Crippen LogP contribution in [0.5, 0.6) is 0 Å². The van der Waals surface area contributed by atoms with Crippen LogP contribution in [0, 0.1) is 3.83 Å². The Hall–Kier alpha value is -0.0600. The molecular weight excluding hydrogens is 251 g/mol. The first kappa shape index (κ1) is 7.58. The zero-order valence-corrected chi connectivity index (χ0v) is 8.76. The summed E-state index contributed by atoms with van der Waals surface area (Å²) in [5, 5.41) is 0. The highest BCUT2D eigenvalue weighted by Crippen LogP contribution is 2.21. The van der Waals surface area contributed by atoms with Crippen molar-refractivity contribution in [1.29, 1.82) is 0 Å². The molecule has 1 aromatic heterocycles. The number of aryl methyl sites for hydroxylation is 1. The monoisotopic (exact) mass is 262 g/mol. The molecule has 3 heteroatoms. The SMILES string of the molecule is Cn1c(I)nc2c1CCCC2. The summed E-state index contributed by atoms with van der Waals surface area (Å²) in [6, 6.07) is 0. The molecule has 0 saturated heterocycles. The van der Waals surface area contributed by atoms with Gasteiger partial charge in [-0.25, -0.2) is 4.98 Å². The molecule has 0 fully saturated rings. The van der Waals surface area contributed by atoms with E-state index < -0.39 is 0 Å². The number of halogens is 1. The predicted octanol–water partition coefficient (Wildman–Crippen LogP) is 1.90. The van der Waals surface area contributed by atoms with Gasteiger partial charge in [-0.1, -0.05) is 0 Å². The molecule has 60 valence electrons. The summed E-state index contributed by atoms with van der Waals surface area (Å²) >= 11 is 2.30. The first-order valence-electron chi connectivity index (χ1n) is 3.99. The molecule has 0 aromatic carbocycles. The Bertz CT molecular complexity index is 278. The van der Waals surface area contributed by atoms with E-state index in [0.717, 1.165) is 3.83 Å². The van der Waals surface area contributed by atoms with Gasteiger partial charge in [-0.05, 0) is 48.3 Å². The molecule has 0 unspecified atom stereocenters. The Balaban J connectivity index is 2.50. The van der Waals surface area contributed by atoms with Gasteiger partial charge in [-0.2, -0.15) is 0 Å². The first-order valence-corrected chi connectivity index (χ1v) is 5.07. The van der Waals surface area contributed by atoms with Crippen molar-refractivity contribution in [2.24, 2.45) is 7.05 Å². The van der Waals surface area contributed by atoms with Gasteiger partial charge in [0.05, 0.1) is 5.69 Å². The highest BCUT2D eigenvalue weighted by atomic mass is 127. The van der Waals surface area contributed by atoms with E-state index in [4.69, 9.17) is 0 Å². The highest BCUT2D eigenvalue weighted by molar-refractivity contribution is 14.1. The number of hydrogen-bond acceptors (Lipinski definition) is 1. The van der Waals surface area contributed by atoms with E-state index >= 15 is 0 Å². The quantitative estimate of drug-likeness (QED) is 0.653. The fourth-order valence-corrected chi connectivity index (χ4v) is 2.24. The number of hydrogen-bond donors (Lipinski definition) is 0. The van der Waals surface area contributed by atoms with Crippen LogP contribution in [0.15, 0.2) is 0 Å². The molecular formula is C8H11IN2. The standard InChI is InChI=1S/C8H11IN2/c1-11-7-5-3-2-4-6(7)10-8(11)9/h2-5H2,1H3. The molecule has 0 spiro atoms. The molecule has 2 rings (SSSR count). The smallest absolute Gasteiger partial charge is 0.171 e. The van der Waals surface area contributed by atoms with E-state index in [1.807, 2.05) is 0 Å². The largest absolute Gasteiger partial charge is 0.326 e. The highest BCUT2D eigenvalue weighted by Gasteiger charge is 2.15. The van der Waals surface area contributed by atoms with E-state index in [1.165, 1.54) is 37.1 Å². The summed E-state index contributed by atoms with van der Waals surface area (Å²) in [5.74, 6) is 0. The lowest BCUT2D eigenvalue weighted by molar-refractivity contribution is 0.642. The van der Waals surface area contributed by atoms with E-state index in [2.05, 4.69) is 39.2 Å². The average molecular weight is 262 g/mol. The Morgan fingerprint density at radius 3 is 2.82 bits per heavy atom. The molecule has 0 aliphatic heterocycles. The third-order valence-electron chi connectivity index (χ3n) is 2.32. The van der Waals surface area contributed by atoms with Crippen LogP contribution in [0.4, 0.5) is 0 Å². The van der Waals surface area contributed by atoms with E-state index in [1.54, 1.807) is 0 Å². The normalized spacial score (nSPS) is 16.5. The molecule has 1 aliphatic carbocycles. The summed E-state index contributed by atoms with van der Waals surface area (Å²) in [6.45, 7) is 0. The number of nitrogens with zero attached hydrogens (tertiary/aromatic N) is 2. The third kappa shape index (κ3) is 1.19. The van der Waals surface area contributed by atoms with Gasteiger partial charge >= 0.3 is 0 Å². The Morgan fingerprint density at radius 1 is 1.36 bits per heavy atom. The van der Waals surface area contributed by atoms with Crippen molar-refractivity contribution >= 4 is 22.6 Å². The summed E-state index contributed by atoms with van der Waals surface area (Å²) in [5.41, 5.74) is 2.80. The summed E-state index contributed by atoms with van der Waals surface area (Å²) in [7, 11) is 2.11. The van der Waals surface area contributed by atoms with Gasteiger partial charge in [0, 0.05) is 12.7 Å². The Morgan fingerprint density at radius 2 is 2.09 bits per heavy atom. The molecule has 0 N–H and O–H groups in total. The zero-order valence-electron chi connectivity index (χ0n) is 6.60. The topological polar surface area (TPSA) is 17.8 Å². The lowest BCUT2D eigenvalue weighted by atomic mass is 10.0. The number of rotatable bonds is 0. The van der Waals surface area contributed by atoms with E-state index in [-0.39, 0.29) is 0 Å². The minimum absolute atomic E-state index is 1.13. The van der Waals surface area contributed by atoms with Crippen molar-refractivity contribution in [1.82, 2.24) is 9.55 Å². The molecule has 0 amide bonds. The van der Waals surface area contributed by atoms with E-state index in [9.17, 15) is 0 Å². The summed E-state index contributed by atoms with van der Waals surface area (Å²) < 4.78 is 3.35. The molecule has 0 bridgehead atoms. The van der Waals surface area contributed by atoms with Crippen LogP contribution in [0.1, 0.15) is 24.2 Å². The van der Waals surface area contributed by atoms with Crippen LogP contribution in [0.2, 0.25) is 0 Å². The van der Waals surface area contributed by atoms with E-state index in [0.29, 0.717) is 0 Å². The molecule has 0 atom stereocenters. The molecule has 2 nitrogen and oxygen atoms in total. The van der Waals surface area contributed by atoms with Gasteiger partial charge in [0.2, 0.25) is 0 Å². The molecule has 1 aromatic rings. The third-order valence-corrected chi connectivity index (χ3v) is 3.28. The minimum Gasteiger partial charge on any atom is -0.326 e.